The second-order valence-corrected chi connectivity index (χ2v) is 11.1. The zero-order chi connectivity index (χ0) is 25.5. The molecule has 0 amide bonds. The number of thiophene rings is 1. The van der Waals surface area contributed by atoms with Crippen LogP contribution in [0, 0.1) is 0 Å². The fourth-order valence-corrected chi connectivity index (χ4v) is 7.08. The SMILES string of the molecule is C=C1/C=C\C=C/Cc2cc(-c3cccc(-c4cccc5c4sc4ccccc45)c3)ccc2C2=C1CCC=C2. The van der Waals surface area contributed by atoms with E-state index in [2.05, 4.69) is 128 Å². The van der Waals surface area contributed by atoms with Crippen molar-refractivity contribution in [1.29, 1.82) is 0 Å². The Morgan fingerprint density at radius 2 is 1.50 bits per heavy atom. The van der Waals surface area contributed by atoms with E-state index in [1.165, 1.54) is 64.7 Å². The molecule has 4 aromatic carbocycles. The Kier molecular flexibility index (Phi) is 5.80. The third-order valence-electron chi connectivity index (χ3n) is 7.75. The highest BCUT2D eigenvalue weighted by atomic mass is 32.1. The molecular weight excluding hydrogens is 476 g/mol. The van der Waals surface area contributed by atoms with Crippen LogP contribution in [0.1, 0.15) is 24.0 Å². The van der Waals surface area contributed by atoms with Crippen LogP contribution >= 0.6 is 11.3 Å². The molecule has 1 aromatic heterocycles. The summed E-state index contributed by atoms with van der Waals surface area (Å²) in [5, 5.41) is 2.68. The molecule has 0 saturated carbocycles. The molecule has 0 spiro atoms. The van der Waals surface area contributed by atoms with Gasteiger partial charge in [0.25, 0.3) is 0 Å². The van der Waals surface area contributed by atoms with Gasteiger partial charge in [0.05, 0.1) is 0 Å². The Labute approximate surface area is 228 Å². The lowest BCUT2D eigenvalue weighted by molar-refractivity contribution is 0.983. The van der Waals surface area contributed by atoms with Crippen molar-refractivity contribution in [2.45, 2.75) is 19.3 Å². The maximum Gasteiger partial charge on any atom is 0.0433 e. The first kappa shape index (κ1) is 23.0. The molecule has 0 saturated heterocycles. The summed E-state index contributed by atoms with van der Waals surface area (Å²) in [7, 11) is 0. The number of hydrogen-bond acceptors (Lipinski definition) is 1. The van der Waals surface area contributed by atoms with Gasteiger partial charge in [-0.2, -0.15) is 0 Å². The number of rotatable bonds is 2. The maximum absolute atomic E-state index is 4.37. The molecule has 1 heteroatoms. The summed E-state index contributed by atoms with van der Waals surface area (Å²) in [5.41, 5.74) is 11.6. The highest BCUT2D eigenvalue weighted by molar-refractivity contribution is 7.26. The second kappa shape index (κ2) is 9.59. The summed E-state index contributed by atoms with van der Waals surface area (Å²) >= 11 is 1.89. The summed E-state index contributed by atoms with van der Waals surface area (Å²) in [6, 6.07) is 31.5. The van der Waals surface area contributed by atoms with Crippen LogP contribution in [0.15, 0.2) is 139 Å². The van der Waals surface area contributed by atoms with Gasteiger partial charge >= 0.3 is 0 Å². The molecule has 2 aliphatic carbocycles. The van der Waals surface area contributed by atoms with Gasteiger partial charge < -0.3 is 0 Å². The topological polar surface area (TPSA) is 0 Å². The third kappa shape index (κ3) is 4.00. The predicted octanol–water partition coefficient (Wildman–Crippen LogP) is 10.7. The van der Waals surface area contributed by atoms with E-state index in [1.54, 1.807) is 0 Å². The molecule has 0 nitrogen and oxygen atoms in total. The Bertz CT molecular complexity index is 1850. The second-order valence-electron chi connectivity index (χ2n) is 10.1. The molecule has 5 aromatic rings. The average Bonchev–Trinajstić information content (AvgIpc) is 3.36. The number of fused-ring (bicyclic) bond motifs is 5. The van der Waals surface area contributed by atoms with E-state index in [9.17, 15) is 0 Å². The minimum atomic E-state index is 0.908. The van der Waals surface area contributed by atoms with Crippen molar-refractivity contribution in [2.75, 3.05) is 0 Å². The van der Waals surface area contributed by atoms with Gasteiger partial charge in [0.1, 0.15) is 0 Å². The number of hydrogen-bond donors (Lipinski definition) is 0. The molecule has 0 fully saturated rings. The van der Waals surface area contributed by atoms with E-state index in [1.807, 2.05) is 11.3 Å². The Morgan fingerprint density at radius 1 is 0.658 bits per heavy atom. The van der Waals surface area contributed by atoms with Crippen LogP contribution in [0.3, 0.4) is 0 Å². The lowest BCUT2D eigenvalue weighted by atomic mass is 9.84. The molecule has 38 heavy (non-hydrogen) atoms. The molecule has 182 valence electrons. The van der Waals surface area contributed by atoms with Crippen LogP contribution in [0.2, 0.25) is 0 Å². The van der Waals surface area contributed by atoms with E-state index >= 15 is 0 Å². The van der Waals surface area contributed by atoms with E-state index < -0.39 is 0 Å². The van der Waals surface area contributed by atoms with Crippen molar-refractivity contribution in [3.63, 3.8) is 0 Å². The van der Waals surface area contributed by atoms with Gasteiger partial charge in [0.15, 0.2) is 0 Å². The first-order valence-corrected chi connectivity index (χ1v) is 14.1. The lowest BCUT2D eigenvalue weighted by Gasteiger charge is -2.20. The van der Waals surface area contributed by atoms with Crippen LogP contribution in [-0.2, 0) is 6.42 Å². The molecule has 0 aliphatic heterocycles. The summed E-state index contributed by atoms with van der Waals surface area (Å²) in [6.07, 6.45) is 16.3. The molecule has 0 bridgehead atoms. The molecule has 7 rings (SSSR count). The van der Waals surface area contributed by atoms with Crippen LogP contribution in [-0.4, -0.2) is 0 Å². The lowest BCUT2D eigenvalue weighted by Crippen LogP contribution is -2.01. The van der Waals surface area contributed by atoms with E-state index in [4.69, 9.17) is 0 Å². The fourth-order valence-electron chi connectivity index (χ4n) is 5.84. The largest absolute Gasteiger partial charge is 0.135 e. The Hall–Kier alpha value is -4.20. The number of benzene rings is 4. The maximum atomic E-state index is 4.37. The van der Waals surface area contributed by atoms with Gasteiger partial charge in [-0.15, -0.1) is 11.3 Å². The van der Waals surface area contributed by atoms with Gasteiger partial charge in [0.2, 0.25) is 0 Å². The first-order valence-electron chi connectivity index (χ1n) is 13.3. The van der Waals surface area contributed by atoms with Crippen LogP contribution in [0.25, 0.3) is 48.0 Å². The summed E-state index contributed by atoms with van der Waals surface area (Å²) in [4.78, 5) is 0. The Balaban J connectivity index is 1.34. The van der Waals surface area contributed by atoms with Crippen molar-refractivity contribution >= 4 is 37.1 Å². The van der Waals surface area contributed by atoms with Gasteiger partial charge in [-0.1, -0.05) is 116 Å². The van der Waals surface area contributed by atoms with Crippen molar-refractivity contribution in [3.05, 3.63) is 150 Å². The standard InChI is InChI=1S/C37H28S/c1-25-11-3-2-4-12-28-24-27(21-22-31(28)33-16-6-5-15-30(25)33)26-13-9-14-29(23-26)32-18-10-19-35-34-17-7-8-20-36(34)38-37(32)35/h2-4,6-11,13-14,16-24H,1,5,12,15H2/b4-2-,11-3-. The normalized spacial score (nSPS) is 16.9. The first-order chi connectivity index (χ1) is 18.8. The molecule has 0 unspecified atom stereocenters. The minimum absolute atomic E-state index is 0.908. The van der Waals surface area contributed by atoms with Crippen LogP contribution < -0.4 is 0 Å². The van der Waals surface area contributed by atoms with E-state index in [0.29, 0.717) is 0 Å². The molecular formula is C37H28S. The smallest absolute Gasteiger partial charge is 0.0433 e. The van der Waals surface area contributed by atoms with E-state index in [-0.39, 0.29) is 0 Å². The van der Waals surface area contributed by atoms with Crippen molar-refractivity contribution in [2.24, 2.45) is 0 Å². The van der Waals surface area contributed by atoms with Crippen molar-refractivity contribution in [3.8, 4) is 22.3 Å². The van der Waals surface area contributed by atoms with Crippen LogP contribution in [0.5, 0.6) is 0 Å². The fraction of sp³-hybridized carbons (Fsp3) is 0.0811. The number of allylic oxidation sites excluding steroid dienone is 9. The molecule has 0 atom stereocenters. The zero-order valence-corrected chi connectivity index (χ0v) is 22.1. The van der Waals surface area contributed by atoms with Gasteiger partial charge in [-0.05, 0) is 81.5 Å². The monoisotopic (exact) mass is 504 g/mol. The minimum Gasteiger partial charge on any atom is -0.135 e. The highest BCUT2D eigenvalue weighted by Gasteiger charge is 2.16. The highest BCUT2D eigenvalue weighted by Crippen LogP contribution is 2.41. The van der Waals surface area contributed by atoms with Crippen molar-refractivity contribution < 1.29 is 0 Å². The molecule has 0 N–H and O–H groups in total. The van der Waals surface area contributed by atoms with Gasteiger partial charge in [-0.25, -0.2) is 0 Å². The zero-order valence-electron chi connectivity index (χ0n) is 21.3. The summed E-state index contributed by atoms with van der Waals surface area (Å²) in [6.45, 7) is 4.37. The summed E-state index contributed by atoms with van der Waals surface area (Å²) < 4.78 is 2.70. The van der Waals surface area contributed by atoms with Gasteiger partial charge in [0, 0.05) is 20.2 Å². The van der Waals surface area contributed by atoms with Crippen molar-refractivity contribution in [1.82, 2.24) is 0 Å². The molecule has 1 heterocycles. The Morgan fingerprint density at radius 3 is 2.47 bits per heavy atom. The summed E-state index contributed by atoms with van der Waals surface area (Å²) in [5.74, 6) is 0. The third-order valence-corrected chi connectivity index (χ3v) is 8.97. The van der Waals surface area contributed by atoms with Gasteiger partial charge in [-0.3, -0.25) is 0 Å². The molecule has 0 radical (unpaired) electrons. The molecule has 2 aliphatic rings. The predicted molar refractivity (Wildman–Crippen MR) is 167 cm³/mol. The van der Waals surface area contributed by atoms with E-state index in [0.717, 1.165) is 24.8 Å². The average molecular weight is 505 g/mol. The quantitative estimate of drug-likeness (QED) is 0.224. The van der Waals surface area contributed by atoms with Crippen LogP contribution in [0.4, 0.5) is 0 Å².